The van der Waals surface area contributed by atoms with Crippen molar-refractivity contribution in [3.05, 3.63) is 66.0 Å². The summed E-state index contributed by atoms with van der Waals surface area (Å²) in [5.41, 5.74) is 6.77. The molecule has 33 heavy (non-hydrogen) atoms. The van der Waals surface area contributed by atoms with E-state index in [0.29, 0.717) is 18.2 Å². The zero-order valence-electron chi connectivity index (χ0n) is 19.8. The number of aromatic nitrogens is 4. The Morgan fingerprint density at radius 3 is 2.64 bits per heavy atom. The first-order chi connectivity index (χ1) is 15.8. The zero-order valence-corrected chi connectivity index (χ0v) is 20.8. The molecular formula is C26H31FN4OSi. The highest BCUT2D eigenvalue weighted by molar-refractivity contribution is 6.76. The molecule has 0 radical (unpaired) electrons. The topological polar surface area (TPSA) is 44.3 Å². The maximum absolute atomic E-state index is 14.0. The third kappa shape index (κ3) is 4.65. The second kappa shape index (κ2) is 8.54. The van der Waals surface area contributed by atoms with E-state index < -0.39 is 8.07 Å². The first kappa shape index (κ1) is 22.0. The van der Waals surface area contributed by atoms with Gasteiger partial charge in [-0.05, 0) is 61.7 Å². The van der Waals surface area contributed by atoms with Crippen LogP contribution in [0.5, 0.6) is 0 Å². The van der Waals surface area contributed by atoms with Gasteiger partial charge in [0, 0.05) is 55.9 Å². The molecule has 1 fully saturated rings. The molecule has 1 aliphatic rings. The quantitative estimate of drug-likeness (QED) is 0.222. The highest BCUT2D eigenvalue weighted by Crippen LogP contribution is 2.47. The number of hydrogen-bond donors (Lipinski definition) is 0. The normalized spacial score (nSPS) is 14.3. The van der Waals surface area contributed by atoms with E-state index in [-0.39, 0.29) is 5.82 Å². The van der Waals surface area contributed by atoms with Crippen LogP contribution in [0.1, 0.15) is 30.0 Å². The molecule has 1 aromatic carbocycles. The van der Waals surface area contributed by atoms with Crippen molar-refractivity contribution in [1.29, 1.82) is 0 Å². The monoisotopic (exact) mass is 462 g/mol. The predicted octanol–water partition coefficient (Wildman–Crippen LogP) is 6.50. The van der Waals surface area contributed by atoms with Gasteiger partial charge in [-0.15, -0.1) is 0 Å². The summed E-state index contributed by atoms with van der Waals surface area (Å²) in [6.07, 6.45) is 8.19. The molecular weight excluding hydrogens is 431 g/mol. The van der Waals surface area contributed by atoms with Crippen LogP contribution in [0.4, 0.5) is 4.39 Å². The highest BCUT2D eigenvalue weighted by atomic mass is 28.3. The molecule has 0 unspecified atom stereocenters. The Morgan fingerprint density at radius 1 is 1.12 bits per heavy atom. The summed E-state index contributed by atoms with van der Waals surface area (Å²) in [5, 5.41) is 5.05. The average Bonchev–Trinajstić information content (AvgIpc) is 3.37. The van der Waals surface area contributed by atoms with Crippen molar-refractivity contribution in [2.24, 2.45) is 0 Å². The number of halogens is 1. The first-order valence-corrected chi connectivity index (χ1v) is 15.4. The number of benzene rings is 1. The molecule has 1 saturated carbocycles. The molecule has 0 spiro atoms. The molecule has 0 bridgehead atoms. The summed E-state index contributed by atoms with van der Waals surface area (Å²) in [7, 11) is -1.16. The lowest BCUT2D eigenvalue weighted by atomic mass is 9.97. The highest BCUT2D eigenvalue weighted by Gasteiger charge is 2.33. The van der Waals surface area contributed by atoms with E-state index in [4.69, 9.17) is 9.84 Å². The van der Waals surface area contributed by atoms with E-state index >= 15 is 0 Å². The summed E-state index contributed by atoms with van der Waals surface area (Å²) in [4.78, 5) is 4.38. The molecule has 0 atom stereocenters. The number of fused-ring (bicyclic) bond motifs is 1. The van der Waals surface area contributed by atoms with Gasteiger partial charge in [0.2, 0.25) is 0 Å². The van der Waals surface area contributed by atoms with Crippen LogP contribution in [0.2, 0.25) is 25.7 Å². The van der Waals surface area contributed by atoms with Crippen LogP contribution >= 0.6 is 0 Å². The summed E-state index contributed by atoms with van der Waals surface area (Å²) in [5.74, 6) is 0.276. The molecule has 0 saturated heterocycles. The fourth-order valence-corrected chi connectivity index (χ4v) is 4.98. The second-order valence-electron chi connectivity index (χ2n) is 10.3. The van der Waals surface area contributed by atoms with E-state index in [1.807, 2.05) is 33.5 Å². The molecule has 5 nitrogen and oxygen atoms in total. The van der Waals surface area contributed by atoms with Crippen molar-refractivity contribution < 1.29 is 9.13 Å². The van der Waals surface area contributed by atoms with Gasteiger partial charge in [-0.1, -0.05) is 19.6 Å². The predicted molar refractivity (Wildman–Crippen MR) is 133 cm³/mol. The zero-order chi connectivity index (χ0) is 23.2. The number of ether oxygens (including phenoxy) is 1. The summed E-state index contributed by atoms with van der Waals surface area (Å²) in [6.45, 7) is 10.1. The Kier molecular flexibility index (Phi) is 5.70. The minimum Gasteiger partial charge on any atom is -0.360 e. The van der Waals surface area contributed by atoms with Gasteiger partial charge in [0.15, 0.2) is 0 Å². The summed E-state index contributed by atoms with van der Waals surface area (Å²) < 4.78 is 24.2. The van der Waals surface area contributed by atoms with E-state index in [1.165, 1.54) is 11.8 Å². The molecule has 5 rings (SSSR count). The molecule has 3 aromatic heterocycles. The molecule has 7 heteroatoms. The van der Waals surface area contributed by atoms with Gasteiger partial charge in [-0.3, -0.25) is 0 Å². The van der Waals surface area contributed by atoms with Crippen molar-refractivity contribution in [3.63, 3.8) is 0 Å². The Morgan fingerprint density at radius 2 is 1.91 bits per heavy atom. The second-order valence-corrected chi connectivity index (χ2v) is 15.9. The first-order valence-electron chi connectivity index (χ1n) is 11.7. The maximum atomic E-state index is 14.0. The SMILES string of the molecule is Cc1cc(-c2nn(COCC[Si](C)(C)C)c(C3CC3)c2-c2ccc3nccn3c2)ccc1F. The average molecular weight is 463 g/mol. The number of pyridine rings is 1. The van der Waals surface area contributed by atoms with Gasteiger partial charge in [0.05, 0.1) is 5.69 Å². The van der Waals surface area contributed by atoms with Crippen LogP contribution in [-0.4, -0.2) is 33.8 Å². The largest absolute Gasteiger partial charge is 0.360 e. The molecule has 0 amide bonds. The van der Waals surface area contributed by atoms with Crippen molar-refractivity contribution in [3.8, 4) is 22.4 Å². The Bertz CT molecular complexity index is 1300. The van der Waals surface area contributed by atoms with Crippen LogP contribution in [0.3, 0.4) is 0 Å². The third-order valence-electron chi connectivity index (χ3n) is 6.27. The molecule has 0 aliphatic heterocycles. The minimum atomic E-state index is -1.16. The smallest absolute Gasteiger partial charge is 0.139 e. The third-order valence-corrected chi connectivity index (χ3v) is 7.98. The lowest BCUT2D eigenvalue weighted by molar-refractivity contribution is 0.0767. The lowest BCUT2D eigenvalue weighted by Gasteiger charge is -2.16. The molecule has 0 N–H and O–H groups in total. The fraction of sp³-hybridized carbons (Fsp3) is 0.385. The van der Waals surface area contributed by atoms with Gasteiger partial charge in [-0.25, -0.2) is 14.1 Å². The van der Waals surface area contributed by atoms with Crippen molar-refractivity contribution in [2.45, 2.75) is 58.1 Å². The van der Waals surface area contributed by atoms with Crippen LogP contribution in [-0.2, 0) is 11.5 Å². The van der Waals surface area contributed by atoms with Crippen molar-refractivity contribution in [1.82, 2.24) is 19.2 Å². The van der Waals surface area contributed by atoms with Crippen molar-refractivity contribution >= 4 is 13.7 Å². The van der Waals surface area contributed by atoms with Crippen LogP contribution in [0.15, 0.2) is 48.9 Å². The summed E-state index contributed by atoms with van der Waals surface area (Å²) >= 11 is 0. The van der Waals surface area contributed by atoms with Crippen molar-refractivity contribution in [2.75, 3.05) is 6.61 Å². The number of hydrogen-bond acceptors (Lipinski definition) is 3. The van der Waals surface area contributed by atoms with Gasteiger partial charge in [0.1, 0.15) is 23.9 Å². The Labute approximate surface area is 195 Å². The minimum absolute atomic E-state index is 0.198. The van der Waals surface area contributed by atoms with Crippen LogP contribution in [0, 0.1) is 12.7 Å². The van der Waals surface area contributed by atoms with Crippen LogP contribution < -0.4 is 0 Å². The Balaban J connectivity index is 1.61. The molecule has 1 aliphatic carbocycles. The maximum Gasteiger partial charge on any atom is 0.139 e. The number of aryl methyl sites for hydroxylation is 1. The number of rotatable bonds is 8. The molecule has 3 heterocycles. The van der Waals surface area contributed by atoms with Gasteiger partial charge < -0.3 is 9.14 Å². The van der Waals surface area contributed by atoms with E-state index in [0.717, 1.165) is 53.5 Å². The Hall–Kier alpha value is -2.77. The summed E-state index contributed by atoms with van der Waals surface area (Å²) in [6, 6.07) is 10.5. The van der Waals surface area contributed by atoms with Gasteiger partial charge in [0.25, 0.3) is 0 Å². The molecule has 172 valence electrons. The number of nitrogens with zero attached hydrogens (tertiary/aromatic N) is 4. The standard InChI is InChI=1S/C26H31FN4OSi/c1-18-15-20(7-9-22(18)27)25-24(21-8-10-23-28-11-12-30(23)16-21)26(19-5-6-19)31(29-25)17-32-13-14-33(2,3)4/h7-12,15-16,19H,5-6,13-14,17H2,1-4H3. The molecule has 4 aromatic rings. The van der Waals surface area contributed by atoms with E-state index in [1.54, 1.807) is 13.1 Å². The fourth-order valence-electron chi connectivity index (χ4n) is 4.22. The van der Waals surface area contributed by atoms with Gasteiger partial charge in [-0.2, -0.15) is 5.10 Å². The van der Waals surface area contributed by atoms with E-state index in [9.17, 15) is 4.39 Å². The van der Waals surface area contributed by atoms with E-state index in [2.05, 4.69) is 36.9 Å². The van der Waals surface area contributed by atoms with Crippen LogP contribution in [0.25, 0.3) is 28.0 Å². The lowest BCUT2D eigenvalue weighted by Crippen LogP contribution is -2.22. The number of imidazole rings is 1. The van der Waals surface area contributed by atoms with Gasteiger partial charge >= 0.3 is 0 Å².